The smallest absolute Gasteiger partial charge is 0.193 e. The Labute approximate surface area is 189 Å². The molecule has 152 valence electrons. The first kappa shape index (κ1) is 21.4. The molecule has 2 aromatic rings. The lowest BCUT2D eigenvalue weighted by atomic mass is 10.2. The molecule has 1 N–H and O–H groups in total. The third kappa shape index (κ3) is 4.99. The van der Waals surface area contributed by atoms with Gasteiger partial charge < -0.3 is 10.2 Å². The van der Waals surface area contributed by atoms with Gasteiger partial charge in [-0.15, -0.1) is 24.0 Å². The van der Waals surface area contributed by atoms with Crippen LogP contribution in [0.1, 0.15) is 24.8 Å². The maximum Gasteiger partial charge on any atom is 0.193 e. The molecule has 1 atom stereocenters. The zero-order valence-corrected chi connectivity index (χ0v) is 19.3. The molecule has 8 heteroatoms. The van der Waals surface area contributed by atoms with Crippen molar-refractivity contribution in [1.29, 1.82) is 0 Å². The minimum atomic E-state index is 0. The molecule has 0 spiro atoms. The Morgan fingerprint density at radius 2 is 1.96 bits per heavy atom. The number of aliphatic imine (C=N–C) groups is 1. The highest BCUT2D eigenvalue weighted by molar-refractivity contribution is 14.0. The molecule has 3 heterocycles. The predicted octanol–water partition coefficient (Wildman–Crippen LogP) is 3.39. The fourth-order valence-corrected chi connectivity index (χ4v) is 4.16. The summed E-state index contributed by atoms with van der Waals surface area (Å²) in [5.41, 5.74) is 2.13. The van der Waals surface area contributed by atoms with Crippen molar-refractivity contribution >= 4 is 41.5 Å². The van der Waals surface area contributed by atoms with E-state index in [-0.39, 0.29) is 24.0 Å². The number of rotatable bonds is 4. The number of likely N-dealkylation sites (tertiary alicyclic amines) is 2. The van der Waals surface area contributed by atoms with E-state index in [9.17, 15) is 0 Å². The average Bonchev–Trinajstić information content (AvgIpc) is 3.44. The molecule has 0 radical (unpaired) electrons. The van der Waals surface area contributed by atoms with Crippen LogP contribution in [0.3, 0.4) is 0 Å². The molecule has 2 aliphatic heterocycles. The van der Waals surface area contributed by atoms with Gasteiger partial charge in [-0.05, 0) is 56.6 Å². The van der Waals surface area contributed by atoms with Gasteiger partial charge >= 0.3 is 0 Å². The van der Waals surface area contributed by atoms with E-state index in [2.05, 4.69) is 25.2 Å². The standard InChI is InChI=1S/C20H27ClN6.HI/c1-22-20(26-11-8-19(15-26)25-9-2-3-10-25)23-12-16-13-24-27(14-16)18-6-4-17(21)5-7-18;/h4-7,13-14,19H,2-3,8-12,15H2,1H3,(H,22,23);1H. The molecule has 1 unspecified atom stereocenters. The van der Waals surface area contributed by atoms with E-state index < -0.39 is 0 Å². The van der Waals surface area contributed by atoms with Gasteiger partial charge in [-0.1, -0.05) is 11.6 Å². The Hall–Kier alpha value is -1.32. The molecule has 1 aromatic carbocycles. The summed E-state index contributed by atoms with van der Waals surface area (Å²) in [5.74, 6) is 0.982. The predicted molar refractivity (Wildman–Crippen MR) is 125 cm³/mol. The van der Waals surface area contributed by atoms with Crippen LogP contribution in [0.2, 0.25) is 5.02 Å². The van der Waals surface area contributed by atoms with Crippen LogP contribution in [0.15, 0.2) is 41.7 Å². The molecule has 6 nitrogen and oxygen atoms in total. The summed E-state index contributed by atoms with van der Waals surface area (Å²) in [4.78, 5) is 9.52. The Kier molecular flexibility index (Phi) is 7.59. The van der Waals surface area contributed by atoms with Gasteiger partial charge in [-0.25, -0.2) is 4.68 Å². The fraction of sp³-hybridized carbons (Fsp3) is 0.500. The summed E-state index contributed by atoms with van der Waals surface area (Å²) in [5, 5.41) is 8.68. The number of nitrogens with zero attached hydrogens (tertiary/aromatic N) is 5. The van der Waals surface area contributed by atoms with Gasteiger partial charge in [0.15, 0.2) is 5.96 Å². The van der Waals surface area contributed by atoms with Crippen molar-refractivity contribution in [2.75, 3.05) is 33.2 Å². The highest BCUT2D eigenvalue weighted by Crippen LogP contribution is 2.20. The average molecular weight is 515 g/mol. The lowest BCUT2D eigenvalue weighted by molar-refractivity contribution is 0.249. The summed E-state index contributed by atoms with van der Waals surface area (Å²) in [6.07, 6.45) is 7.86. The maximum atomic E-state index is 5.96. The van der Waals surface area contributed by atoms with E-state index in [1.54, 1.807) is 0 Å². The van der Waals surface area contributed by atoms with Crippen LogP contribution in [0.5, 0.6) is 0 Å². The van der Waals surface area contributed by atoms with E-state index in [4.69, 9.17) is 11.6 Å². The van der Waals surface area contributed by atoms with E-state index in [0.29, 0.717) is 12.6 Å². The van der Waals surface area contributed by atoms with Gasteiger partial charge in [0.25, 0.3) is 0 Å². The molecule has 2 saturated heterocycles. The third-order valence-corrected chi connectivity index (χ3v) is 5.76. The molecular formula is C20H28ClIN6. The van der Waals surface area contributed by atoms with Gasteiger partial charge in [0.05, 0.1) is 11.9 Å². The number of aromatic nitrogens is 2. The summed E-state index contributed by atoms with van der Waals surface area (Å²) < 4.78 is 1.87. The Bertz CT molecular complexity index is 784. The minimum absolute atomic E-state index is 0. The molecule has 0 amide bonds. The van der Waals surface area contributed by atoms with Crippen molar-refractivity contribution in [1.82, 2.24) is 24.9 Å². The van der Waals surface area contributed by atoms with Crippen LogP contribution in [-0.2, 0) is 6.54 Å². The molecule has 4 rings (SSSR count). The number of guanidine groups is 1. The number of nitrogens with one attached hydrogen (secondary N) is 1. The van der Waals surface area contributed by atoms with Gasteiger partial charge in [-0.3, -0.25) is 9.89 Å². The molecule has 2 fully saturated rings. The quantitative estimate of drug-likeness (QED) is 0.386. The van der Waals surface area contributed by atoms with Crippen LogP contribution in [0, 0.1) is 0 Å². The highest BCUT2D eigenvalue weighted by Gasteiger charge is 2.30. The normalized spacial score (nSPS) is 20.4. The van der Waals surface area contributed by atoms with Crippen LogP contribution in [0.25, 0.3) is 5.69 Å². The number of hydrogen-bond donors (Lipinski definition) is 1. The first-order chi connectivity index (χ1) is 13.2. The molecular weight excluding hydrogens is 487 g/mol. The van der Waals surface area contributed by atoms with E-state index in [0.717, 1.165) is 35.3 Å². The lowest BCUT2D eigenvalue weighted by Crippen LogP contribution is -2.42. The van der Waals surface area contributed by atoms with Crippen molar-refractivity contribution < 1.29 is 0 Å². The second kappa shape index (κ2) is 9.93. The Morgan fingerprint density at radius 3 is 2.68 bits per heavy atom. The van der Waals surface area contributed by atoms with Crippen molar-refractivity contribution in [3.63, 3.8) is 0 Å². The van der Waals surface area contributed by atoms with Crippen molar-refractivity contribution in [3.05, 3.63) is 47.2 Å². The van der Waals surface area contributed by atoms with Crippen molar-refractivity contribution in [2.24, 2.45) is 4.99 Å². The zero-order chi connectivity index (χ0) is 18.6. The maximum absolute atomic E-state index is 5.96. The summed E-state index contributed by atoms with van der Waals surface area (Å²) in [6.45, 7) is 5.38. The summed E-state index contributed by atoms with van der Waals surface area (Å²) in [6, 6.07) is 8.37. The van der Waals surface area contributed by atoms with Gasteiger partial charge in [0.1, 0.15) is 0 Å². The molecule has 28 heavy (non-hydrogen) atoms. The molecule has 0 saturated carbocycles. The number of halogens is 2. The van der Waals surface area contributed by atoms with Gasteiger partial charge in [-0.2, -0.15) is 5.10 Å². The van der Waals surface area contributed by atoms with Gasteiger partial charge in [0.2, 0.25) is 0 Å². The highest BCUT2D eigenvalue weighted by atomic mass is 127. The Balaban J connectivity index is 0.00000225. The monoisotopic (exact) mass is 514 g/mol. The van der Waals surface area contributed by atoms with Crippen LogP contribution in [0.4, 0.5) is 0 Å². The molecule has 2 aliphatic rings. The molecule has 0 bridgehead atoms. The Morgan fingerprint density at radius 1 is 1.21 bits per heavy atom. The topological polar surface area (TPSA) is 48.7 Å². The fourth-order valence-electron chi connectivity index (χ4n) is 4.04. The summed E-state index contributed by atoms with van der Waals surface area (Å²) in [7, 11) is 1.86. The van der Waals surface area contributed by atoms with E-state index in [1.165, 1.54) is 32.4 Å². The number of benzene rings is 1. The molecule has 0 aliphatic carbocycles. The van der Waals surface area contributed by atoms with Crippen molar-refractivity contribution in [2.45, 2.75) is 31.8 Å². The van der Waals surface area contributed by atoms with E-state index >= 15 is 0 Å². The second-order valence-electron chi connectivity index (χ2n) is 7.30. The van der Waals surface area contributed by atoms with E-state index in [1.807, 2.05) is 48.4 Å². The van der Waals surface area contributed by atoms with Crippen LogP contribution >= 0.6 is 35.6 Å². The SMILES string of the molecule is CN=C(NCc1cnn(-c2ccc(Cl)cc2)c1)N1CCC(N2CCCC2)C1.I. The first-order valence-electron chi connectivity index (χ1n) is 9.72. The largest absolute Gasteiger partial charge is 0.352 e. The minimum Gasteiger partial charge on any atom is -0.352 e. The first-order valence-corrected chi connectivity index (χ1v) is 10.1. The lowest BCUT2D eigenvalue weighted by Gasteiger charge is -2.25. The van der Waals surface area contributed by atoms with Crippen molar-refractivity contribution in [3.8, 4) is 5.69 Å². The van der Waals surface area contributed by atoms with Crippen LogP contribution in [-0.4, -0.2) is 64.8 Å². The third-order valence-electron chi connectivity index (χ3n) is 5.51. The zero-order valence-electron chi connectivity index (χ0n) is 16.2. The second-order valence-corrected chi connectivity index (χ2v) is 7.74. The summed E-state index contributed by atoms with van der Waals surface area (Å²) >= 11 is 5.96. The van der Waals surface area contributed by atoms with Gasteiger partial charge in [0, 0.05) is 49.5 Å². The number of hydrogen-bond acceptors (Lipinski definition) is 3. The molecule has 1 aromatic heterocycles. The van der Waals surface area contributed by atoms with Crippen LogP contribution < -0.4 is 5.32 Å².